The standard InChI is InChI=1S/C23H19ClN2O2/c1-2-28-23(27)18-11-12-21-20(14-18)25-22(17-9-6-10-19(24)13-17)26(21)15-16-7-4-3-5-8-16/h3-14H,2,15H2,1H3. The van der Waals surface area contributed by atoms with E-state index in [1.807, 2.05) is 48.5 Å². The molecule has 0 fully saturated rings. The minimum absolute atomic E-state index is 0.340. The van der Waals surface area contributed by atoms with Gasteiger partial charge in [-0.05, 0) is 42.8 Å². The van der Waals surface area contributed by atoms with E-state index >= 15 is 0 Å². The Bertz CT molecular complexity index is 1140. The molecule has 4 nitrogen and oxygen atoms in total. The normalized spacial score (nSPS) is 10.9. The molecular weight excluding hydrogens is 372 g/mol. The molecule has 0 amide bonds. The van der Waals surface area contributed by atoms with Gasteiger partial charge in [0.2, 0.25) is 0 Å². The Morgan fingerprint density at radius 3 is 2.61 bits per heavy atom. The van der Waals surface area contributed by atoms with Gasteiger partial charge < -0.3 is 9.30 Å². The highest BCUT2D eigenvalue weighted by molar-refractivity contribution is 6.30. The number of carbonyl (C=O) groups is 1. The van der Waals surface area contributed by atoms with Crippen LogP contribution in [0.2, 0.25) is 5.02 Å². The van der Waals surface area contributed by atoms with Crippen LogP contribution in [0.4, 0.5) is 0 Å². The molecule has 0 aliphatic rings. The van der Waals surface area contributed by atoms with Crippen molar-refractivity contribution >= 4 is 28.6 Å². The molecule has 28 heavy (non-hydrogen) atoms. The van der Waals surface area contributed by atoms with Crippen molar-refractivity contribution in [3.8, 4) is 11.4 Å². The van der Waals surface area contributed by atoms with Gasteiger partial charge in [0.25, 0.3) is 0 Å². The molecule has 4 rings (SSSR count). The fourth-order valence-corrected chi connectivity index (χ4v) is 3.44. The summed E-state index contributed by atoms with van der Waals surface area (Å²) in [7, 11) is 0. The number of benzene rings is 3. The smallest absolute Gasteiger partial charge is 0.338 e. The van der Waals surface area contributed by atoms with E-state index < -0.39 is 0 Å². The highest BCUT2D eigenvalue weighted by atomic mass is 35.5. The molecule has 0 N–H and O–H groups in total. The number of ether oxygens (including phenoxy) is 1. The molecule has 0 spiro atoms. The Morgan fingerprint density at radius 1 is 1.04 bits per heavy atom. The lowest BCUT2D eigenvalue weighted by Gasteiger charge is -2.10. The highest BCUT2D eigenvalue weighted by Crippen LogP contribution is 2.28. The Labute approximate surface area is 168 Å². The Kier molecular flexibility index (Phi) is 5.13. The van der Waals surface area contributed by atoms with Crippen LogP contribution in [0.25, 0.3) is 22.4 Å². The molecule has 0 bridgehead atoms. The second-order valence-corrected chi connectivity index (χ2v) is 6.88. The van der Waals surface area contributed by atoms with Crippen LogP contribution in [0.15, 0.2) is 72.8 Å². The fourth-order valence-electron chi connectivity index (χ4n) is 3.25. The molecule has 4 aromatic rings. The Balaban J connectivity index is 1.87. The van der Waals surface area contributed by atoms with Gasteiger partial charge in [-0.25, -0.2) is 9.78 Å². The first-order valence-corrected chi connectivity index (χ1v) is 9.51. The lowest BCUT2D eigenvalue weighted by Crippen LogP contribution is -2.05. The van der Waals surface area contributed by atoms with Gasteiger partial charge in [-0.2, -0.15) is 0 Å². The van der Waals surface area contributed by atoms with Crippen LogP contribution in [-0.4, -0.2) is 22.1 Å². The Hall–Kier alpha value is -3.11. The quantitative estimate of drug-likeness (QED) is 0.418. The summed E-state index contributed by atoms with van der Waals surface area (Å²) in [6, 6.07) is 23.3. The van der Waals surface area contributed by atoms with Gasteiger partial charge in [0.15, 0.2) is 0 Å². The molecule has 3 aromatic carbocycles. The van der Waals surface area contributed by atoms with Crippen LogP contribution in [0.5, 0.6) is 0 Å². The van der Waals surface area contributed by atoms with Crippen LogP contribution < -0.4 is 0 Å². The molecule has 0 saturated carbocycles. The first-order chi connectivity index (χ1) is 13.7. The van der Waals surface area contributed by atoms with Crippen molar-refractivity contribution in [1.82, 2.24) is 9.55 Å². The van der Waals surface area contributed by atoms with Crippen molar-refractivity contribution < 1.29 is 9.53 Å². The predicted molar refractivity (Wildman–Crippen MR) is 112 cm³/mol. The minimum Gasteiger partial charge on any atom is -0.462 e. The lowest BCUT2D eigenvalue weighted by atomic mass is 10.2. The number of hydrogen-bond donors (Lipinski definition) is 0. The fraction of sp³-hybridized carbons (Fsp3) is 0.130. The van der Waals surface area contributed by atoms with E-state index in [1.54, 1.807) is 19.1 Å². The molecule has 0 aliphatic carbocycles. The first kappa shape index (κ1) is 18.3. The van der Waals surface area contributed by atoms with Gasteiger partial charge >= 0.3 is 5.97 Å². The summed E-state index contributed by atoms with van der Waals surface area (Å²) in [5, 5.41) is 0.656. The van der Waals surface area contributed by atoms with Crippen molar-refractivity contribution in [1.29, 1.82) is 0 Å². The molecule has 0 unspecified atom stereocenters. The maximum Gasteiger partial charge on any atom is 0.338 e. The zero-order chi connectivity index (χ0) is 19.5. The summed E-state index contributed by atoms with van der Waals surface area (Å²) in [6.07, 6.45) is 0. The van der Waals surface area contributed by atoms with Crippen molar-refractivity contribution in [2.75, 3.05) is 6.61 Å². The topological polar surface area (TPSA) is 44.1 Å². The number of fused-ring (bicyclic) bond motifs is 1. The number of carbonyl (C=O) groups excluding carboxylic acids is 1. The third-order valence-corrected chi connectivity index (χ3v) is 4.76. The average Bonchev–Trinajstić information content (AvgIpc) is 3.07. The molecule has 140 valence electrons. The summed E-state index contributed by atoms with van der Waals surface area (Å²) in [5.41, 5.74) is 4.29. The summed E-state index contributed by atoms with van der Waals surface area (Å²) >= 11 is 6.21. The zero-order valence-electron chi connectivity index (χ0n) is 15.4. The van der Waals surface area contributed by atoms with Crippen LogP contribution >= 0.6 is 11.6 Å². The Morgan fingerprint density at radius 2 is 1.86 bits per heavy atom. The molecular formula is C23H19ClN2O2. The second-order valence-electron chi connectivity index (χ2n) is 6.44. The van der Waals surface area contributed by atoms with Gasteiger partial charge in [0.1, 0.15) is 5.82 Å². The minimum atomic E-state index is -0.341. The summed E-state index contributed by atoms with van der Waals surface area (Å²) < 4.78 is 7.26. The van der Waals surface area contributed by atoms with Gasteiger partial charge in [0, 0.05) is 17.1 Å². The van der Waals surface area contributed by atoms with Gasteiger partial charge in [0.05, 0.1) is 23.2 Å². The molecule has 1 aromatic heterocycles. The third kappa shape index (κ3) is 3.64. The highest BCUT2D eigenvalue weighted by Gasteiger charge is 2.16. The van der Waals surface area contributed by atoms with E-state index in [0.717, 1.165) is 22.4 Å². The van der Waals surface area contributed by atoms with Crippen LogP contribution in [-0.2, 0) is 11.3 Å². The van der Waals surface area contributed by atoms with Crippen LogP contribution in [0, 0.1) is 0 Å². The zero-order valence-corrected chi connectivity index (χ0v) is 16.2. The number of esters is 1. The second kappa shape index (κ2) is 7.87. The number of imidazole rings is 1. The average molecular weight is 391 g/mol. The molecule has 0 saturated heterocycles. The van der Waals surface area contributed by atoms with E-state index in [2.05, 4.69) is 16.7 Å². The van der Waals surface area contributed by atoms with Gasteiger partial charge in [-0.3, -0.25) is 0 Å². The number of aromatic nitrogens is 2. The van der Waals surface area contributed by atoms with Crippen molar-refractivity contribution in [2.24, 2.45) is 0 Å². The van der Waals surface area contributed by atoms with Crippen molar-refractivity contribution in [2.45, 2.75) is 13.5 Å². The monoisotopic (exact) mass is 390 g/mol. The predicted octanol–water partition coefficient (Wildman–Crippen LogP) is 5.58. The van der Waals surface area contributed by atoms with Crippen LogP contribution in [0.1, 0.15) is 22.8 Å². The summed E-state index contributed by atoms with van der Waals surface area (Å²) in [6.45, 7) is 2.80. The van der Waals surface area contributed by atoms with Crippen molar-refractivity contribution in [3.63, 3.8) is 0 Å². The van der Waals surface area contributed by atoms with E-state index in [4.69, 9.17) is 21.3 Å². The van der Waals surface area contributed by atoms with Crippen molar-refractivity contribution in [3.05, 3.63) is 88.9 Å². The first-order valence-electron chi connectivity index (χ1n) is 9.13. The molecule has 1 heterocycles. The van der Waals surface area contributed by atoms with E-state index in [1.165, 1.54) is 5.56 Å². The SMILES string of the molecule is CCOC(=O)c1ccc2c(c1)nc(-c1cccc(Cl)c1)n2Cc1ccccc1. The van der Waals surface area contributed by atoms with Gasteiger partial charge in [-0.1, -0.05) is 54.1 Å². The maximum atomic E-state index is 12.1. The molecule has 0 atom stereocenters. The summed E-state index contributed by atoms with van der Waals surface area (Å²) in [5.74, 6) is 0.466. The molecule has 0 radical (unpaired) electrons. The number of nitrogens with zero attached hydrogens (tertiary/aromatic N) is 2. The molecule has 5 heteroatoms. The van der Waals surface area contributed by atoms with Gasteiger partial charge in [-0.15, -0.1) is 0 Å². The lowest BCUT2D eigenvalue weighted by molar-refractivity contribution is 0.0526. The molecule has 0 aliphatic heterocycles. The number of halogens is 1. The number of rotatable bonds is 5. The third-order valence-electron chi connectivity index (χ3n) is 4.53. The van der Waals surface area contributed by atoms with E-state index in [0.29, 0.717) is 23.7 Å². The summed E-state index contributed by atoms with van der Waals surface area (Å²) in [4.78, 5) is 16.9. The largest absolute Gasteiger partial charge is 0.462 e. The van der Waals surface area contributed by atoms with E-state index in [-0.39, 0.29) is 5.97 Å². The van der Waals surface area contributed by atoms with Crippen LogP contribution in [0.3, 0.4) is 0 Å². The maximum absolute atomic E-state index is 12.1. The number of hydrogen-bond acceptors (Lipinski definition) is 3. The van der Waals surface area contributed by atoms with E-state index in [9.17, 15) is 4.79 Å².